The normalized spacial score (nSPS) is 19.8. The van der Waals surface area contributed by atoms with Gasteiger partial charge in [-0.15, -0.1) is 0 Å². The molecular formula is C22H22FN5O4. The molecule has 166 valence electrons. The molecule has 0 aliphatic carbocycles. The molecule has 0 amide bonds. The van der Waals surface area contributed by atoms with Crippen LogP contribution in [0.3, 0.4) is 0 Å². The van der Waals surface area contributed by atoms with Gasteiger partial charge in [0.15, 0.2) is 11.6 Å². The molecule has 32 heavy (non-hydrogen) atoms. The van der Waals surface area contributed by atoms with Crippen molar-refractivity contribution in [1.82, 2.24) is 14.5 Å². The minimum Gasteiger partial charge on any atom is -0.487 e. The summed E-state index contributed by atoms with van der Waals surface area (Å²) in [4.78, 5) is 34.7. The minimum atomic E-state index is -1.33. The average Bonchev–Trinajstić information content (AvgIpc) is 3.24. The molecule has 2 aliphatic heterocycles. The molecule has 0 radical (unpaired) electrons. The van der Waals surface area contributed by atoms with E-state index in [-0.39, 0.29) is 35.4 Å². The lowest BCUT2D eigenvalue weighted by Crippen LogP contribution is -2.31. The lowest BCUT2D eigenvalue weighted by molar-refractivity contribution is 0.0694. The third-order valence-electron chi connectivity index (χ3n) is 6.12. The number of carboxylic acid groups (broad SMARTS) is 1. The van der Waals surface area contributed by atoms with Crippen LogP contribution in [-0.2, 0) is 0 Å². The maximum absolute atomic E-state index is 15.4. The van der Waals surface area contributed by atoms with E-state index >= 15 is 4.39 Å². The predicted octanol–water partition coefficient (Wildman–Crippen LogP) is 2.66. The number of nitrogens with one attached hydrogen (secondary N) is 1. The first kappa shape index (κ1) is 20.2. The molecule has 2 atom stereocenters. The van der Waals surface area contributed by atoms with Gasteiger partial charge in [-0.3, -0.25) is 4.79 Å². The van der Waals surface area contributed by atoms with Crippen molar-refractivity contribution >= 4 is 28.5 Å². The van der Waals surface area contributed by atoms with Gasteiger partial charge in [0.05, 0.1) is 16.9 Å². The maximum atomic E-state index is 15.4. The lowest BCUT2D eigenvalue weighted by Gasteiger charge is -2.32. The van der Waals surface area contributed by atoms with E-state index in [0.29, 0.717) is 36.7 Å². The van der Waals surface area contributed by atoms with Crippen LogP contribution in [0.15, 0.2) is 35.5 Å². The summed E-state index contributed by atoms with van der Waals surface area (Å²) in [6, 6.07) is 2.74. The molecule has 0 spiro atoms. The highest BCUT2D eigenvalue weighted by atomic mass is 19.1. The Balaban J connectivity index is 1.59. The van der Waals surface area contributed by atoms with Crippen molar-refractivity contribution in [3.63, 3.8) is 0 Å². The number of carbonyl (C=O) groups is 1. The molecule has 2 aliphatic rings. The lowest BCUT2D eigenvalue weighted by atomic mass is 10.0. The number of hydrogen-bond acceptors (Lipinski definition) is 7. The minimum absolute atomic E-state index is 0.0169. The van der Waals surface area contributed by atoms with Gasteiger partial charge in [-0.1, -0.05) is 6.92 Å². The van der Waals surface area contributed by atoms with E-state index in [4.69, 9.17) is 4.74 Å². The Kier molecular flexibility index (Phi) is 4.91. The fourth-order valence-corrected chi connectivity index (χ4v) is 4.53. The zero-order valence-corrected chi connectivity index (χ0v) is 17.4. The van der Waals surface area contributed by atoms with Crippen LogP contribution in [0, 0.1) is 5.82 Å². The van der Waals surface area contributed by atoms with Crippen LogP contribution in [0.4, 0.5) is 16.0 Å². The van der Waals surface area contributed by atoms with E-state index in [0.717, 1.165) is 12.5 Å². The molecule has 10 heteroatoms. The Morgan fingerprint density at radius 1 is 1.38 bits per heavy atom. The molecule has 1 saturated heterocycles. The van der Waals surface area contributed by atoms with Crippen LogP contribution < -0.4 is 20.4 Å². The Labute approximate surface area is 182 Å². The first-order chi connectivity index (χ1) is 15.5. The summed E-state index contributed by atoms with van der Waals surface area (Å²) in [5, 5.41) is 12.8. The van der Waals surface area contributed by atoms with Crippen molar-refractivity contribution in [1.29, 1.82) is 0 Å². The van der Waals surface area contributed by atoms with E-state index in [9.17, 15) is 14.7 Å². The van der Waals surface area contributed by atoms with Crippen LogP contribution in [-0.4, -0.2) is 51.3 Å². The number of benzene rings is 1. The quantitative estimate of drug-likeness (QED) is 0.625. The Bertz CT molecular complexity index is 1260. The summed E-state index contributed by atoms with van der Waals surface area (Å²) in [7, 11) is 0. The number of ether oxygens (including phenoxy) is 1. The summed E-state index contributed by atoms with van der Waals surface area (Å²) in [5.74, 6) is -1.14. The molecule has 2 aromatic heterocycles. The van der Waals surface area contributed by atoms with Crippen molar-refractivity contribution in [2.75, 3.05) is 29.9 Å². The number of halogens is 1. The molecular weight excluding hydrogens is 417 g/mol. The van der Waals surface area contributed by atoms with E-state index in [1.165, 1.54) is 6.20 Å². The van der Waals surface area contributed by atoms with Gasteiger partial charge in [-0.05, 0) is 25.0 Å². The summed E-state index contributed by atoms with van der Waals surface area (Å²) < 4.78 is 23.1. The second-order valence-electron chi connectivity index (χ2n) is 8.04. The Hall–Kier alpha value is -3.69. The Morgan fingerprint density at radius 3 is 2.88 bits per heavy atom. The zero-order valence-electron chi connectivity index (χ0n) is 17.4. The molecule has 9 nitrogen and oxygen atoms in total. The first-order valence-corrected chi connectivity index (χ1v) is 10.5. The third kappa shape index (κ3) is 3.22. The van der Waals surface area contributed by atoms with Crippen LogP contribution in [0.5, 0.6) is 5.75 Å². The van der Waals surface area contributed by atoms with Crippen molar-refractivity contribution in [3.05, 3.63) is 52.3 Å². The SMILES string of the molecule is CC[C@H]1COc2c(N3CC[C@@H](Nc4ncccn4)C3)c(F)cc3c(=O)c(C(=O)O)cn1c23. The van der Waals surface area contributed by atoms with E-state index in [1.807, 2.05) is 11.8 Å². The standard InChI is InChI=1S/C22H22FN5O4/c1-2-13-11-32-20-17-14(19(29)15(21(30)31)10-28(13)17)8-16(23)18(20)27-7-4-12(9-27)26-22-24-5-3-6-25-22/h3,5-6,8,10,12-13H,2,4,7,9,11H2,1H3,(H,30,31)(H,24,25,26)/t12-,13+/m1/s1. The molecule has 0 unspecified atom stereocenters. The summed E-state index contributed by atoms with van der Waals surface area (Å²) >= 11 is 0. The number of carboxylic acids is 1. The monoisotopic (exact) mass is 439 g/mol. The van der Waals surface area contributed by atoms with Gasteiger partial charge in [0, 0.05) is 37.7 Å². The maximum Gasteiger partial charge on any atom is 0.341 e. The van der Waals surface area contributed by atoms with Crippen molar-refractivity contribution in [2.45, 2.75) is 31.8 Å². The van der Waals surface area contributed by atoms with Gasteiger partial charge in [-0.25, -0.2) is 19.2 Å². The highest BCUT2D eigenvalue weighted by Crippen LogP contribution is 2.43. The van der Waals surface area contributed by atoms with Crippen LogP contribution in [0.1, 0.15) is 36.2 Å². The number of nitrogens with zero attached hydrogens (tertiary/aromatic N) is 4. The van der Waals surface area contributed by atoms with Crippen LogP contribution in [0.25, 0.3) is 10.9 Å². The van der Waals surface area contributed by atoms with Crippen LogP contribution in [0.2, 0.25) is 0 Å². The van der Waals surface area contributed by atoms with Crippen molar-refractivity contribution in [2.24, 2.45) is 0 Å². The number of anilines is 2. The second kappa shape index (κ2) is 7.77. The zero-order chi connectivity index (χ0) is 22.4. The summed E-state index contributed by atoms with van der Waals surface area (Å²) in [5.41, 5.74) is -0.346. The average molecular weight is 439 g/mol. The molecule has 3 aromatic rings. The fraction of sp³-hybridized carbons (Fsp3) is 0.364. The first-order valence-electron chi connectivity index (χ1n) is 10.5. The van der Waals surface area contributed by atoms with Crippen LogP contribution >= 0.6 is 0 Å². The van der Waals surface area contributed by atoms with Gasteiger partial charge in [-0.2, -0.15) is 0 Å². The third-order valence-corrected chi connectivity index (χ3v) is 6.12. The number of aromatic nitrogens is 3. The van der Waals surface area contributed by atoms with Gasteiger partial charge >= 0.3 is 5.97 Å². The number of hydrogen-bond donors (Lipinski definition) is 2. The molecule has 1 aromatic carbocycles. The topological polar surface area (TPSA) is 110 Å². The molecule has 4 heterocycles. The molecule has 5 rings (SSSR count). The van der Waals surface area contributed by atoms with Gasteiger partial charge in [0.1, 0.15) is 17.9 Å². The Morgan fingerprint density at radius 2 is 2.16 bits per heavy atom. The highest BCUT2D eigenvalue weighted by Gasteiger charge is 2.33. The largest absolute Gasteiger partial charge is 0.487 e. The van der Waals surface area contributed by atoms with Gasteiger partial charge < -0.3 is 24.6 Å². The van der Waals surface area contributed by atoms with Crippen molar-refractivity contribution < 1.29 is 19.0 Å². The molecule has 2 N–H and O–H groups in total. The summed E-state index contributed by atoms with van der Waals surface area (Å²) in [6.07, 6.45) is 6.08. The second-order valence-corrected chi connectivity index (χ2v) is 8.04. The number of pyridine rings is 1. The number of aromatic carboxylic acids is 1. The van der Waals surface area contributed by atoms with E-state index in [1.54, 1.807) is 23.0 Å². The molecule has 0 saturated carbocycles. The molecule has 1 fully saturated rings. The highest BCUT2D eigenvalue weighted by molar-refractivity contribution is 5.97. The molecule has 0 bridgehead atoms. The smallest absolute Gasteiger partial charge is 0.341 e. The van der Waals surface area contributed by atoms with Gasteiger partial charge in [0.2, 0.25) is 11.4 Å². The van der Waals surface area contributed by atoms with Gasteiger partial charge in [0.25, 0.3) is 0 Å². The summed E-state index contributed by atoms with van der Waals surface area (Å²) in [6.45, 7) is 3.31. The van der Waals surface area contributed by atoms with E-state index in [2.05, 4.69) is 15.3 Å². The van der Waals surface area contributed by atoms with Crippen molar-refractivity contribution in [3.8, 4) is 5.75 Å². The predicted molar refractivity (Wildman–Crippen MR) is 116 cm³/mol. The fourth-order valence-electron chi connectivity index (χ4n) is 4.53. The number of rotatable bonds is 5. The van der Waals surface area contributed by atoms with E-state index < -0.39 is 17.2 Å².